The van der Waals surface area contributed by atoms with Crippen molar-refractivity contribution >= 4 is 5.91 Å². The van der Waals surface area contributed by atoms with Gasteiger partial charge >= 0.3 is 0 Å². The zero-order chi connectivity index (χ0) is 14.4. The lowest BCUT2D eigenvalue weighted by molar-refractivity contribution is -0.132. The van der Waals surface area contributed by atoms with Crippen molar-refractivity contribution in [2.45, 2.75) is 44.8 Å². The highest BCUT2D eigenvalue weighted by atomic mass is 16.5. The van der Waals surface area contributed by atoms with Gasteiger partial charge in [-0.3, -0.25) is 9.78 Å². The van der Waals surface area contributed by atoms with Gasteiger partial charge in [0.25, 0.3) is 0 Å². The smallest absolute Gasteiger partial charge is 0.239 e. The summed E-state index contributed by atoms with van der Waals surface area (Å²) in [7, 11) is 0. The maximum atomic E-state index is 12.2. The van der Waals surface area contributed by atoms with E-state index in [0.29, 0.717) is 6.54 Å². The van der Waals surface area contributed by atoms with E-state index in [1.165, 1.54) is 0 Å². The molecule has 0 aliphatic carbocycles. The van der Waals surface area contributed by atoms with Crippen LogP contribution in [0.1, 0.15) is 32.6 Å². The molecule has 0 saturated carbocycles. The van der Waals surface area contributed by atoms with Crippen LogP contribution in [0.3, 0.4) is 0 Å². The largest absolute Gasteiger partial charge is 0.487 e. The highest BCUT2D eigenvalue weighted by molar-refractivity contribution is 5.81. The summed E-state index contributed by atoms with van der Waals surface area (Å²) in [6.07, 6.45) is 7.12. The summed E-state index contributed by atoms with van der Waals surface area (Å²) >= 11 is 0. The summed E-state index contributed by atoms with van der Waals surface area (Å²) < 4.78 is 5.82. The van der Waals surface area contributed by atoms with Gasteiger partial charge in [-0.1, -0.05) is 19.8 Å². The molecule has 1 aromatic rings. The number of unbranched alkanes of at least 4 members (excludes halogenated alkanes) is 1. The van der Waals surface area contributed by atoms with Crippen molar-refractivity contribution in [1.82, 2.24) is 9.88 Å². The van der Waals surface area contributed by atoms with Crippen LogP contribution in [-0.2, 0) is 4.79 Å². The highest BCUT2D eigenvalue weighted by Gasteiger charge is 2.30. The van der Waals surface area contributed by atoms with Crippen LogP contribution >= 0.6 is 0 Å². The quantitative estimate of drug-likeness (QED) is 0.857. The van der Waals surface area contributed by atoms with Crippen molar-refractivity contribution in [2.75, 3.05) is 13.1 Å². The van der Waals surface area contributed by atoms with E-state index in [1.54, 1.807) is 12.4 Å². The number of hydrogen-bond acceptors (Lipinski definition) is 4. The van der Waals surface area contributed by atoms with Gasteiger partial charge in [0.2, 0.25) is 5.91 Å². The number of nitrogens with zero attached hydrogens (tertiary/aromatic N) is 2. The van der Waals surface area contributed by atoms with Crippen molar-refractivity contribution in [3.63, 3.8) is 0 Å². The molecule has 0 aromatic carbocycles. The number of nitrogens with two attached hydrogens (primary N) is 1. The van der Waals surface area contributed by atoms with E-state index in [-0.39, 0.29) is 18.1 Å². The molecule has 2 heterocycles. The Morgan fingerprint density at radius 1 is 1.65 bits per heavy atom. The third kappa shape index (κ3) is 3.93. The van der Waals surface area contributed by atoms with Crippen LogP contribution in [0, 0.1) is 0 Å². The molecular formula is C15H23N3O2. The molecule has 1 fully saturated rings. The monoisotopic (exact) mass is 277 g/mol. The Morgan fingerprint density at radius 2 is 2.50 bits per heavy atom. The zero-order valence-electron chi connectivity index (χ0n) is 12.0. The predicted molar refractivity (Wildman–Crippen MR) is 77.4 cm³/mol. The van der Waals surface area contributed by atoms with Crippen LogP contribution in [0.15, 0.2) is 24.5 Å². The molecule has 1 saturated heterocycles. The Labute approximate surface area is 120 Å². The number of hydrogen-bond donors (Lipinski definition) is 1. The number of carbonyl (C=O) groups is 1. The van der Waals surface area contributed by atoms with Crippen LogP contribution in [-0.4, -0.2) is 41.0 Å². The molecule has 2 rings (SSSR count). The molecule has 0 radical (unpaired) electrons. The number of rotatable bonds is 6. The van der Waals surface area contributed by atoms with Crippen LogP contribution in [0.4, 0.5) is 0 Å². The van der Waals surface area contributed by atoms with Crippen LogP contribution in [0.5, 0.6) is 5.75 Å². The fraction of sp³-hybridized carbons (Fsp3) is 0.600. The minimum absolute atomic E-state index is 0.0431. The third-order valence-corrected chi connectivity index (χ3v) is 3.58. The molecular weight excluding hydrogens is 254 g/mol. The molecule has 110 valence electrons. The molecule has 2 atom stereocenters. The van der Waals surface area contributed by atoms with E-state index >= 15 is 0 Å². The van der Waals surface area contributed by atoms with Gasteiger partial charge < -0.3 is 15.4 Å². The van der Waals surface area contributed by atoms with Crippen LogP contribution in [0.2, 0.25) is 0 Å². The molecule has 1 aliphatic rings. The predicted octanol–water partition coefficient (Wildman–Crippen LogP) is 1.58. The number of pyridine rings is 1. The Bertz CT molecular complexity index is 424. The van der Waals surface area contributed by atoms with Crippen LogP contribution < -0.4 is 10.5 Å². The highest BCUT2D eigenvalue weighted by Crippen LogP contribution is 2.18. The summed E-state index contributed by atoms with van der Waals surface area (Å²) in [6, 6.07) is 3.35. The minimum Gasteiger partial charge on any atom is -0.487 e. The number of carbonyl (C=O) groups excluding carboxylic acids is 1. The first-order chi connectivity index (χ1) is 9.70. The van der Waals surface area contributed by atoms with Gasteiger partial charge in [0, 0.05) is 19.2 Å². The van der Waals surface area contributed by atoms with Gasteiger partial charge in [-0.15, -0.1) is 0 Å². The van der Waals surface area contributed by atoms with Crippen molar-refractivity contribution in [1.29, 1.82) is 0 Å². The van der Waals surface area contributed by atoms with Crippen LogP contribution in [0.25, 0.3) is 0 Å². The summed E-state index contributed by atoms with van der Waals surface area (Å²) in [5.74, 6) is 0.804. The maximum absolute atomic E-state index is 12.2. The Kier molecular flexibility index (Phi) is 5.35. The minimum atomic E-state index is -0.368. The molecule has 5 heteroatoms. The number of amides is 1. The Balaban J connectivity index is 1.81. The number of aromatic nitrogens is 1. The molecule has 1 aliphatic heterocycles. The van der Waals surface area contributed by atoms with Gasteiger partial charge in [0.15, 0.2) is 0 Å². The summed E-state index contributed by atoms with van der Waals surface area (Å²) in [5, 5.41) is 0. The van der Waals surface area contributed by atoms with E-state index in [9.17, 15) is 4.79 Å². The average molecular weight is 277 g/mol. The van der Waals surface area contributed by atoms with Crippen molar-refractivity contribution < 1.29 is 9.53 Å². The molecule has 5 nitrogen and oxygen atoms in total. The number of likely N-dealkylation sites (tertiary alicyclic amines) is 1. The Hall–Kier alpha value is -1.62. The lowest BCUT2D eigenvalue weighted by Crippen LogP contribution is -2.43. The van der Waals surface area contributed by atoms with Gasteiger partial charge in [-0.2, -0.15) is 0 Å². The lowest BCUT2D eigenvalue weighted by Gasteiger charge is -2.21. The summed E-state index contributed by atoms with van der Waals surface area (Å²) in [6.45, 7) is 3.45. The van der Waals surface area contributed by atoms with Gasteiger partial charge in [0.05, 0.1) is 18.8 Å². The first-order valence-corrected chi connectivity index (χ1v) is 7.31. The van der Waals surface area contributed by atoms with E-state index in [1.807, 2.05) is 17.0 Å². The first-order valence-electron chi connectivity index (χ1n) is 7.31. The zero-order valence-corrected chi connectivity index (χ0v) is 12.0. The fourth-order valence-electron chi connectivity index (χ4n) is 2.42. The Morgan fingerprint density at radius 3 is 3.20 bits per heavy atom. The fourth-order valence-corrected chi connectivity index (χ4v) is 2.42. The van der Waals surface area contributed by atoms with Gasteiger partial charge in [-0.25, -0.2) is 0 Å². The standard InChI is InChI=1S/C15H23N3O2/c1-2-3-6-14(16)15(19)18-9-7-13(11-18)20-12-5-4-8-17-10-12/h4-5,8,10,13-14H,2-3,6-7,9,11,16H2,1H3/t13-,14+/m0/s1. The normalized spacial score (nSPS) is 19.9. The van der Waals surface area contributed by atoms with Gasteiger partial charge in [-0.05, 0) is 18.6 Å². The molecule has 0 unspecified atom stereocenters. The van der Waals surface area contributed by atoms with Crippen molar-refractivity contribution in [3.8, 4) is 5.75 Å². The lowest BCUT2D eigenvalue weighted by atomic mass is 10.1. The van der Waals surface area contributed by atoms with E-state index in [2.05, 4.69) is 11.9 Å². The third-order valence-electron chi connectivity index (χ3n) is 3.58. The van der Waals surface area contributed by atoms with E-state index < -0.39 is 0 Å². The summed E-state index contributed by atoms with van der Waals surface area (Å²) in [5.41, 5.74) is 5.94. The molecule has 0 spiro atoms. The van der Waals surface area contributed by atoms with Crippen molar-refractivity contribution in [3.05, 3.63) is 24.5 Å². The molecule has 1 amide bonds. The molecule has 0 bridgehead atoms. The molecule has 2 N–H and O–H groups in total. The van der Waals surface area contributed by atoms with E-state index in [4.69, 9.17) is 10.5 Å². The topological polar surface area (TPSA) is 68.5 Å². The first kappa shape index (κ1) is 14.8. The second-order valence-electron chi connectivity index (χ2n) is 5.25. The molecule has 20 heavy (non-hydrogen) atoms. The average Bonchev–Trinajstić information content (AvgIpc) is 2.93. The number of ether oxygens (including phenoxy) is 1. The van der Waals surface area contributed by atoms with Gasteiger partial charge in [0.1, 0.15) is 11.9 Å². The van der Waals surface area contributed by atoms with E-state index in [0.717, 1.165) is 38.0 Å². The molecule has 1 aromatic heterocycles. The maximum Gasteiger partial charge on any atom is 0.239 e. The van der Waals surface area contributed by atoms with Crippen molar-refractivity contribution in [2.24, 2.45) is 5.73 Å². The summed E-state index contributed by atoms with van der Waals surface area (Å²) in [4.78, 5) is 18.0. The second kappa shape index (κ2) is 7.24. The SMILES string of the molecule is CCCC[C@@H](N)C(=O)N1CC[C@H](Oc2cccnc2)C1. The second-order valence-corrected chi connectivity index (χ2v) is 5.25.